The Bertz CT molecular complexity index is 683. The molecule has 3 N–H and O–H groups in total. The van der Waals surface area contributed by atoms with E-state index in [-0.39, 0.29) is 5.91 Å². The van der Waals surface area contributed by atoms with Crippen molar-refractivity contribution in [3.05, 3.63) is 52.5 Å². The molecule has 1 heterocycles. The predicted octanol–water partition coefficient (Wildman–Crippen LogP) is 3.39. The minimum Gasteiger partial charge on any atom is -0.487 e. The number of aryl methyl sites for hydroxylation is 1. The van der Waals surface area contributed by atoms with Crippen LogP contribution in [0.4, 0.5) is 11.4 Å². The first-order chi connectivity index (χ1) is 10.1. The molecular weight excluding hydrogens is 288 g/mol. The maximum absolute atomic E-state index is 11.4. The van der Waals surface area contributed by atoms with Crippen LogP contribution in [-0.4, -0.2) is 5.91 Å². The lowest BCUT2D eigenvalue weighted by molar-refractivity contribution is -0.116. The second-order valence-electron chi connectivity index (χ2n) is 5.01. The van der Waals surface area contributed by atoms with E-state index >= 15 is 0 Å². The molecule has 1 aliphatic heterocycles. The van der Waals surface area contributed by atoms with E-state index < -0.39 is 0 Å². The van der Waals surface area contributed by atoms with Crippen LogP contribution >= 0.6 is 11.6 Å². The zero-order valence-corrected chi connectivity index (χ0v) is 12.1. The van der Waals surface area contributed by atoms with Crippen LogP contribution in [-0.2, 0) is 17.8 Å². The van der Waals surface area contributed by atoms with Crippen molar-refractivity contribution in [3.63, 3.8) is 0 Å². The number of anilines is 2. The highest BCUT2D eigenvalue weighted by molar-refractivity contribution is 6.30. The SMILES string of the molecule is Nc1cc2c(cc1OCc1ccc(Cl)cc1)NC(=O)CC2. The molecule has 21 heavy (non-hydrogen) atoms. The number of carbonyl (C=O) groups is 1. The highest BCUT2D eigenvalue weighted by Crippen LogP contribution is 2.33. The summed E-state index contributed by atoms with van der Waals surface area (Å²) in [6, 6.07) is 11.1. The first-order valence-corrected chi connectivity index (χ1v) is 7.09. The summed E-state index contributed by atoms with van der Waals surface area (Å²) >= 11 is 5.85. The summed E-state index contributed by atoms with van der Waals surface area (Å²) in [5.74, 6) is 0.599. The van der Waals surface area contributed by atoms with E-state index in [1.54, 1.807) is 6.07 Å². The molecule has 0 atom stereocenters. The lowest BCUT2D eigenvalue weighted by atomic mass is 10.0. The summed E-state index contributed by atoms with van der Waals surface area (Å²) in [4.78, 5) is 11.4. The number of ether oxygens (including phenoxy) is 1. The van der Waals surface area contributed by atoms with Gasteiger partial charge in [0, 0.05) is 23.2 Å². The Morgan fingerprint density at radius 3 is 2.71 bits per heavy atom. The lowest BCUT2D eigenvalue weighted by Gasteiger charge is -2.19. The van der Waals surface area contributed by atoms with Crippen LogP contribution in [0.25, 0.3) is 0 Å². The van der Waals surface area contributed by atoms with Gasteiger partial charge in [0.05, 0.1) is 5.69 Å². The molecule has 108 valence electrons. The molecule has 3 rings (SSSR count). The molecule has 4 nitrogen and oxygen atoms in total. The first kappa shape index (κ1) is 13.8. The topological polar surface area (TPSA) is 64.3 Å². The predicted molar refractivity (Wildman–Crippen MR) is 83.6 cm³/mol. The number of amides is 1. The zero-order chi connectivity index (χ0) is 14.8. The minimum absolute atomic E-state index is 0.0240. The fourth-order valence-electron chi connectivity index (χ4n) is 2.29. The molecule has 0 aromatic heterocycles. The van der Waals surface area contributed by atoms with Crippen molar-refractivity contribution in [3.8, 4) is 5.75 Å². The number of fused-ring (bicyclic) bond motifs is 1. The maximum Gasteiger partial charge on any atom is 0.224 e. The summed E-state index contributed by atoms with van der Waals surface area (Å²) in [5, 5.41) is 3.53. The van der Waals surface area contributed by atoms with Gasteiger partial charge in [0.25, 0.3) is 0 Å². The molecule has 0 fully saturated rings. The van der Waals surface area contributed by atoms with Crippen LogP contribution in [0, 0.1) is 0 Å². The van der Waals surface area contributed by atoms with Crippen molar-refractivity contribution in [2.75, 3.05) is 11.1 Å². The number of carbonyl (C=O) groups excluding carboxylic acids is 1. The highest BCUT2D eigenvalue weighted by atomic mass is 35.5. The lowest BCUT2D eigenvalue weighted by Crippen LogP contribution is -2.19. The van der Waals surface area contributed by atoms with Gasteiger partial charge >= 0.3 is 0 Å². The number of nitrogen functional groups attached to an aromatic ring is 1. The Morgan fingerprint density at radius 1 is 1.19 bits per heavy atom. The van der Waals surface area contributed by atoms with E-state index in [0.717, 1.165) is 16.8 Å². The maximum atomic E-state index is 11.4. The van der Waals surface area contributed by atoms with Gasteiger partial charge in [-0.25, -0.2) is 0 Å². The van der Waals surface area contributed by atoms with E-state index in [9.17, 15) is 4.79 Å². The van der Waals surface area contributed by atoms with Crippen LogP contribution < -0.4 is 15.8 Å². The molecule has 0 saturated heterocycles. The number of nitrogens with two attached hydrogens (primary N) is 1. The van der Waals surface area contributed by atoms with Crippen LogP contribution in [0.5, 0.6) is 5.75 Å². The van der Waals surface area contributed by atoms with Crippen molar-refractivity contribution < 1.29 is 9.53 Å². The van der Waals surface area contributed by atoms with Crippen LogP contribution in [0.15, 0.2) is 36.4 Å². The number of benzene rings is 2. The summed E-state index contributed by atoms with van der Waals surface area (Å²) in [6.07, 6.45) is 1.21. The average Bonchev–Trinajstić information content (AvgIpc) is 2.47. The van der Waals surface area contributed by atoms with Crippen molar-refractivity contribution >= 4 is 28.9 Å². The Balaban J connectivity index is 1.77. The third-order valence-corrected chi connectivity index (χ3v) is 3.69. The Morgan fingerprint density at radius 2 is 1.95 bits per heavy atom. The highest BCUT2D eigenvalue weighted by Gasteiger charge is 2.17. The van der Waals surface area contributed by atoms with Crippen LogP contribution in [0.3, 0.4) is 0 Å². The first-order valence-electron chi connectivity index (χ1n) is 6.71. The molecular formula is C16H15ClN2O2. The van der Waals surface area contributed by atoms with E-state index in [2.05, 4.69) is 5.32 Å². The van der Waals surface area contributed by atoms with Gasteiger partial charge in [-0.3, -0.25) is 4.79 Å². The van der Waals surface area contributed by atoms with Gasteiger partial charge in [0.1, 0.15) is 12.4 Å². The van der Waals surface area contributed by atoms with Gasteiger partial charge in [0.15, 0.2) is 0 Å². The smallest absolute Gasteiger partial charge is 0.224 e. The largest absolute Gasteiger partial charge is 0.487 e. The fourth-order valence-corrected chi connectivity index (χ4v) is 2.42. The van der Waals surface area contributed by atoms with E-state index in [1.807, 2.05) is 30.3 Å². The number of rotatable bonds is 3. The molecule has 0 radical (unpaired) electrons. The number of nitrogens with one attached hydrogen (secondary N) is 1. The normalized spacial score (nSPS) is 13.5. The molecule has 1 aliphatic rings. The molecule has 2 aromatic carbocycles. The van der Waals surface area contributed by atoms with E-state index in [1.165, 1.54) is 0 Å². The monoisotopic (exact) mass is 302 g/mol. The van der Waals surface area contributed by atoms with Crippen molar-refractivity contribution in [1.29, 1.82) is 0 Å². The molecule has 2 aromatic rings. The summed E-state index contributed by atoms with van der Waals surface area (Å²) in [5.41, 5.74) is 9.42. The fraction of sp³-hybridized carbons (Fsp3) is 0.188. The summed E-state index contributed by atoms with van der Waals surface area (Å²) in [6.45, 7) is 0.397. The third-order valence-electron chi connectivity index (χ3n) is 3.44. The van der Waals surface area contributed by atoms with Gasteiger partial charge in [0.2, 0.25) is 5.91 Å². The molecule has 5 heteroatoms. The summed E-state index contributed by atoms with van der Waals surface area (Å²) < 4.78 is 5.74. The number of hydrogen-bond acceptors (Lipinski definition) is 3. The van der Waals surface area contributed by atoms with Gasteiger partial charge in [-0.05, 0) is 35.7 Å². The minimum atomic E-state index is 0.0240. The van der Waals surface area contributed by atoms with Crippen molar-refractivity contribution in [1.82, 2.24) is 0 Å². The molecule has 0 unspecified atom stereocenters. The van der Waals surface area contributed by atoms with Gasteiger partial charge < -0.3 is 15.8 Å². The molecule has 1 amide bonds. The van der Waals surface area contributed by atoms with Crippen molar-refractivity contribution in [2.24, 2.45) is 0 Å². The number of halogens is 1. The second kappa shape index (κ2) is 5.66. The molecule has 0 bridgehead atoms. The second-order valence-corrected chi connectivity index (χ2v) is 5.45. The Labute approximate surface area is 127 Å². The van der Waals surface area contributed by atoms with Gasteiger partial charge in [-0.15, -0.1) is 0 Å². The quantitative estimate of drug-likeness (QED) is 0.854. The van der Waals surface area contributed by atoms with Crippen LogP contribution in [0.1, 0.15) is 17.5 Å². The average molecular weight is 303 g/mol. The van der Waals surface area contributed by atoms with Crippen LogP contribution in [0.2, 0.25) is 5.02 Å². The molecule has 0 aliphatic carbocycles. The van der Waals surface area contributed by atoms with Gasteiger partial charge in [-0.1, -0.05) is 23.7 Å². The van der Waals surface area contributed by atoms with E-state index in [4.69, 9.17) is 22.1 Å². The standard InChI is InChI=1S/C16H15ClN2O2/c17-12-4-1-10(2-5-12)9-21-15-8-14-11(7-13(15)18)3-6-16(20)19-14/h1-2,4-5,7-8H,3,6,9,18H2,(H,19,20). The molecule has 0 spiro atoms. The Kier molecular flexibility index (Phi) is 3.71. The summed E-state index contributed by atoms with van der Waals surface area (Å²) in [7, 11) is 0. The Hall–Kier alpha value is -2.20. The zero-order valence-electron chi connectivity index (χ0n) is 11.4. The van der Waals surface area contributed by atoms with Gasteiger partial charge in [-0.2, -0.15) is 0 Å². The van der Waals surface area contributed by atoms with Crippen molar-refractivity contribution in [2.45, 2.75) is 19.4 Å². The number of hydrogen-bond donors (Lipinski definition) is 2. The third kappa shape index (κ3) is 3.11. The van der Waals surface area contributed by atoms with E-state index in [0.29, 0.717) is 35.9 Å². The molecule has 0 saturated carbocycles.